The summed E-state index contributed by atoms with van der Waals surface area (Å²) in [5, 5.41) is 0. The van der Waals surface area contributed by atoms with Crippen LogP contribution in [0.15, 0.2) is 0 Å². The zero-order valence-electron chi connectivity index (χ0n) is 3.81. The highest BCUT2D eigenvalue weighted by molar-refractivity contribution is 4.68. The smallest absolute Gasteiger partial charge is 0.0704 e. The van der Waals surface area contributed by atoms with Crippen LogP contribution in [-0.4, -0.2) is 6.10 Å². The van der Waals surface area contributed by atoms with Gasteiger partial charge in [-0.2, -0.15) is 0 Å². The summed E-state index contributed by atoms with van der Waals surface area (Å²) in [5.74, 6) is 0. The van der Waals surface area contributed by atoms with Gasteiger partial charge in [0.2, 0.25) is 0 Å². The number of ether oxygens (including phenoxy) is 1. The Morgan fingerprint density at radius 3 is 2.17 bits per heavy atom. The zero-order chi connectivity index (χ0) is 4.41. The lowest BCUT2D eigenvalue weighted by molar-refractivity contribution is 0.0688. The fraction of sp³-hybridized carbons (Fsp3) is 0.800. The van der Waals surface area contributed by atoms with E-state index in [1.165, 1.54) is 19.3 Å². The van der Waals surface area contributed by atoms with Gasteiger partial charge in [-0.15, -0.1) is 0 Å². The molecule has 1 nitrogen and oxygen atoms in total. The molecule has 0 amide bonds. The van der Waals surface area contributed by atoms with E-state index in [0.717, 1.165) is 0 Å². The van der Waals surface area contributed by atoms with Crippen LogP contribution >= 0.6 is 0 Å². The van der Waals surface area contributed by atoms with Gasteiger partial charge in [0, 0.05) is 0 Å². The molecule has 0 aliphatic heterocycles. The molecule has 0 aromatic carbocycles. The summed E-state index contributed by atoms with van der Waals surface area (Å²) in [4.78, 5) is 0. The molecule has 0 atom stereocenters. The largest absolute Gasteiger partial charge is 0.376 e. The maximum atomic E-state index is 4.74. The molecule has 0 unspecified atom stereocenters. The summed E-state index contributed by atoms with van der Waals surface area (Å²) in [7, 11) is 3.31. The van der Waals surface area contributed by atoms with Crippen LogP contribution in [-0.2, 0) is 4.74 Å². The maximum Gasteiger partial charge on any atom is 0.0704 e. The highest BCUT2D eigenvalue weighted by Crippen LogP contribution is 2.20. The molecule has 1 fully saturated rings. The van der Waals surface area contributed by atoms with E-state index in [2.05, 4.69) is 7.11 Å². The zero-order valence-corrected chi connectivity index (χ0v) is 3.81. The van der Waals surface area contributed by atoms with Gasteiger partial charge in [-0.1, -0.05) is 0 Å². The molecule has 0 N–H and O–H groups in total. The molecule has 0 heterocycles. The Hall–Kier alpha value is -0.0400. The van der Waals surface area contributed by atoms with E-state index >= 15 is 0 Å². The minimum atomic E-state index is 0.505. The van der Waals surface area contributed by atoms with Gasteiger partial charge in [-0.3, -0.25) is 0 Å². The molecule has 1 heteroatoms. The molecule has 0 bridgehead atoms. The lowest BCUT2D eigenvalue weighted by atomic mass is 9.96. The molecule has 35 valence electrons. The van der Waals surface area contributed by atoms with E-state index in [-0.39, 0.29) is 0 Å². The Bertz CT molecular complexity index is 36.4. The molecule has 0 spiro atoms. The van der Waals surface area contributed by atoms with Crippen LogP contribution in [0.4, 0.5) is 0 Å². The van der Waals surface area contributed by atoms with Gasteiger partial charge in [-0.25, -0.2) is 0 Å². The lowest BCUT2D eigenvalue weighted by Crippen LogP contribution is -2.18. The fourth-order valence-electron chi connectivity index (χ4n) is 0.537. The molecular weight excluding hydrogens is 76.1 g/mol. The molecule has 1 aliphatic carbocycles. The Labute approximate surface area is 38.3 Å². The highest BCUT2D eigenvalue weighted by atomic mass is 16.5. The van der Waals surface area contributed by atoms with Crippen molar-refractivity contribution < 1.29 is 4.74 Å². The second-order valence-electron chi connectivity index (χ2n) is 1.72. The summed E-state index contributed by atoms with van der Waals surface area (Å²) in [6.07, 6.45) is 4.29. The standard InChI is InChI=1S/C5H9O/c1-6-5-3-2-4-5/h5H,1-4H2. The van der Waals surface area contributed by atoms with Crippen LogP contribution in [0.3, 0.4) is 0 Å². The van der Waals surface area contributed by atoms with Crippen molar-refractivity contribution in [1.82, 2.24) is 0 Å². The third-order valence-corrected chi connectivity index (χ3v) is 1.29. The third-order valence-electron chi connectivity index (χ3n) is 1.29. The number of hydrogen-bond donors (Lipinski definition) is 0. The minimum Gasteiger partial charge on any atom is -0.376 e. The summed E-state index contributed by atoms with van der Waals surface area (Å²) in [6.45, 7) is 0. The number of rotatable bonds is 1. The monoisotopic (exact) mass is 85.1 g/mol. The third kappa shape index (κ3) is 0.548. The van der Waals surface area contributed by atoms with Crippen molar-refractivity contribution in [3.8, 4) is 0 Å². The van der Waals surface area contributed by atoms with Crippen LogP contribution in [0.1, 0.15) is 19.3 Å². The van der Waals surface area contributed by atoms with E-state index < -0.39 is 0 Å². The molecule has 0 aromatic heterocycles. The average Bonchev–Trinajstić information content (AvgIpc) is 1.31. The van der Waals surface area contributed by atoms with Crippen molar-refractivity contribution in [3.63, 3.8) is 0 Å². The number of hydrogen-bond acceptors (Lipinski definition) is 1. The van der Waals surface area contributed by atoms with E-state index in [4.69, 9.17) is 4.74 Å². The Balaban J connectivity index is 2.01. The quantitative estimate of drug-likeness (QED) is 0.467. The average molecular weight is 85.1 g/mol. The molecule has 1 radical (unpaired) electrons. The molecule has 0 aromatic rings. The Morgan fingerprint density at radius 1 is 1.50 bits per heavy atom. The molecule has 1 saturated carbocycles. The van der Waals surface area contributed by atoms with Crippen LogP contribution < -0.4 is 0 Å². The first kappa shape index (κ1) is 4.13. The van der Waals surface area contributed by atoms with Crippen LogP contribution in [0, 0.1) is 7.11 Å². The SMILES string of the molecule is [CH2]OC1CCC1. The van der Waals surface area contributed by atoms with Crippen molar-refractivity contribution in [2.45, 2.75) is 25.4 Å². The highest BCUT2D eigenvalue weighted by Gasteiger charge is 2.14. The van der Waals surface area contributed by atoms with E-state index in [1.807, 2.05) is 0 Å². The predicted octanol–water partition coefficient (Wildman–Crippen LogP) is 1.35. The van der Waals surface area contributed by atoms with Gasteiger partial charge in [0.1, 0.15) is 0 Å². The topological polar surface area (TPSA) is 9.23 Å². The molecule has 6 heavy (non-hydrogen) atoms. The minimum absolute atomic E-state index is 0.505. The second-order valence-corrected chi connectivity index (χ2v) is 1.72. The van der Waals surface area contributed by atoms with Gasteiger partial charge in [0.25, 0.3) is 0 Å². The summed E-state index contributed by atoms with van der Waals surface area (Å²) in [5.41, 5.74) is 0. The van der Waals surface area contributed by atoms with Crippen molar-refractivity contribution >= 4 is 0 Å². The summed E-state index contributed by atoms with van der Waals surface area (Å²) in [6, 6.07) is 0. The molecule has 1 aliphatic rings. The Kier molecular flexibility index (Phi) is 1.10. The van der Waals surface area contributed by atoms with Gasteiger partial charge < -0.3 is 4.74 Å². The summed E-state index contributed by atoms with van der Waals surface area (Å²) >= 11 is 0. The predicted molar refractivity (Wildman–Crippen MR) is 24.1 cm³/mol. The molecule has 0 saturated heterocycles. The maximum absolute atomic E-state index is 4.74. The van der Waals surface area contributed by atoms with Gasteiger partial charge in [-0.05, 0) is 19.3 Å². The van der Waals surface area contributed by atoms with Gasteiger partial charge in [0.05, 0.1) is 13.2 Å². The summed E-state index contributed by atoms with van der Waals surface area (Å²) < 4.78 is 4.74. The fourth-order valence-corrected chi connectivity index (χ4v) is 0.537. The van der Waals surface area contributed by atoms with E-state index in [1.54, 1.807) is 0 Å². The van der Waals surface area contributed by atoms with Crippen LogP contribution in [0.2, 0.25) is 0 Å². The lowest BCUT2D eigenvalue weighted by Gasteiger charge is -2.22. The first-order chi connectivity index (χ1) is 2.93. The van der Waals surface area contributed by atoms with Crippen molar-refractivity contribution in [2.24, 2.45) is 0 Å². The van der Waals surface area contributed by atoms with Crippen LogP contribution in [0.5, 0.6) is 0 Å². The van der Waals surface area contributed by atoms with Crippen LogP contribution in [0.25, 0.3) is 0 Å². The second kappa shape index (κ2) is 1.61. The van der Waals surface area contributed by atoms with E-state index in [9.17, 15) is 0 Å². The normalized spacial score (nSPS) is 23.5. The van der Waals surface area contributed by atoms with Crippen molar-refractivity contribution in [3.05, 3.63) is 7.11 Å². The first-order valence-corrected chi connectivity index (χ1v) is 2.34. The van der Waals surface area contributed by atoms with Crippen molar-refractivity contribution in [2.75, 3.05) is 0 Å². The molecular formula is C5H9O. The Morgan fingerprint density at radius 2 is 2.17 bits per heavy atom. The van der Waals surface area contributed by atoms with Gasteiger partial charge >= 0.3 is 0 Å². The first-order valence-electron chi connectivity index (χ1n) is 2.34. The molecule has 1 rings (SSSR count). The van der Waals surface area contributed by atoms with Crippen molar-refractivity contribution in [1.29, 1.82) is 0 Å². The van der Waals surface area contributed by atoms with E-state index in [0.29, 0.717) is 6.10 Å². The van der Waals surface area contributed by atoms with Gasteiger partial charge in [0.15, 0.2) is 0 Å².